The Bertz CT molecular complexity index is 1000. The van der Waals surface area contributed by atoms with Crippen molar-refractivity contribution >= 4 is 5.97 Å². The molecule has 1 N–H and O–H groups in total. The summed E-state index contributed by atoms with van der Waals surface area (Å²) in [5.41, 5.74) is 2.58. The second-order valence-corrected chi connectivity index (χ2v) is 7.47. The molecule has 2 aromatic carbocycles. The van der Waals surface area contributed by atoms with Crippen LogP contribution in [0.5, 0.6) is 0 Å². The summed E-state index contributed by atoms with van der Waals surface area (Å²) in [6, 6.07) is 22.0. The number of carbonyl (C=O) groups is 1. The van der Waals surface area contributed by atoms with Crippen molar-refractivity contribution < 1.29 is 14.3 Å². The van der Waals surface area contributed by atoms with Crippen molar-refractivity contribution in [2.75, 3.05) is 26.2 Å². The first-order valence-electron chi connectivity index (χ1n) is 10.1. The zero-order valence-electron chi connectivity index (χ0n) is 16.6. The summed E-state index contributed by atoms with van der Waals surface area (Å²) in [4.78, 5) is 19.9. The van der Waals surface area contributed by atoms with E-state index in [1.807, 2.05) is 48.5 Å². The summed E-state index contributed by atoms with van der Waals surface area (Å²) in [5, 5.41) is 9.14. The zero-order valence-corrected chi connectivity index (χ0v) is 16.6. The van der Waals surface area contributed by atoms with Crippen LogP contribution in [0, 0.1) is 5.82 Å². The number of halogens is 1. The molecule has 1 fully saturated rings. The number of nitrogens with zero attached hydrogens (tertiary/aromatic N) is 3. The first kappa shape index (κ1) is 20.2. The average Bonchev–Trinajstić information content (AvgIpc) is 2.77. The van der Waals surface area contributed by atoms with Gasteiger partial charge in [-0.2, -0.15) is 0 Å². The number of rotatable bonds is 6. The number of carboxylic acids is 1. The molecule has 154 valence electrons. The third-order valence-corrected chi connectivity index (χ3v) is 5.50. The molecule has 1 atom stereocenters. The Balaban J connectivity index is 1.49. The average molecular weight is 405 g/mol. The van der Waals surface area contributed by atoms with Gasteiger partial charge in [-0.25, -0.2) is 14.2 Å². The SMILES string of the molecule is O=C(O)c1cccc(CN2CCN(C(c3ccccc3)c3ccccc3F)CC2)n1. The molecule has 0 saturated carbocycles. The second-order valence-electron chi connectivity index (χ2n) is 7.47. The van der Waals surface area contributed by atoms with E-state index in [9.17, 15) is 9.18 Å². The Labute approximate surface area is 175 Å². The molecule has 4 rings (SSSR count). The fourth-order valence-electron chi connectivity index (χ4n) is 4.01. The first-order chi connectivity index (χ1) is 14.6. The Morgan fingerprint density at radius 2 is 1.63 bits per heavy atom. The van der Waals surface area contributed by atoms with Crippen molar-refractivity contribution in [3.05, 3.63) is 101 Å². The number of piperazine rings is 1. The van der Waals surface area contributed by atoms with Gasteiger partial charge >= 0.3 is 5.97 Å². The lowest BCUT2D eigenvalue weighted by Crippen LogP contribution is -2.47. The lowest BCUT2D eigenvalue weighted by Gasteiger charge is -2.39. The molecule has 1 unspecified atom stereocenters. The highest BCUT2D eigenvalue weighted by Crippen LogP contribution is 2.31. The van der Waals surface area contributed by atoms with Gasteiger partial charge in [-0.1, -0.05) is 54.6 Å². The summed E-state index contributed by atoms with van der Waals surface area (Å²) in [5.74, 6) is -1.21. The van der Waals surface area contributed by atoms with E-state index < -0.39 is 5.97 Å². The maximum Gasteiger partial charge on any atom is 0.354 e. The molecule has 0 aliphatic carbocycles. The van der Waals surface area contributed by atoms with Crippen molar-refractivity contribution in [2.24, 2.45) is 0 Å². The van der Waals surface area contributed by atoms with E-state index in [0.29, 0.717) is 12.1 Å². The second kappa shape index (κ2) is 9.15. The molecule has 30 heavy (non-hydrogen) atoms. The molecule has 1 aliphatic heterocycles. The van der Waals surface area contributed by atoms with Gasteiger partial charge in [0, 0.05) is 38.3 Å². The van der Waals surface area contributed by atoms with Crippen LogP contribution in [0.15, 0.2) is 72.8 Å². The minimum absolute atomic E-state index is 0.0647. The largest absolute Gasteiger partial charge is 0.477 e. The number of aromatic nitrogens is 1. The van der Waals surface area contributed by atoms with Crippen molar-refractivity contribution in [1.29, 1.82) is 0 Å². The highest BCUT2D eigenvalue weighted by molar-refractivity contribution is 5.85. The van der Waals surface area contributed by atoms with Gasteiger partial charge in [0.15, 0.2) is 0 Å². The number of benzene rings is 2. The van der Waals surface area contributed by atoms with Crippen molar-refractivity contribution in [3.8, 4) is 0 Å². The highest BCUT2D eigenvalue weighted by atomic mass is 19.1. The van der Waals surface area contributed by atoms with Crippen LogP contribution in [-0.4, -0.2) is 52.0 Å². The summed E-state index contributed by atoms with van der Waals surface area (Å²) in [6.45, 7) is 3.78. The molecule has 1 saturated heterocycles. The third kappa shape index (κ3) is 4.56. The molecule has 0 bridgehead atoms. The standard InChI is InChI=1S/C24H24FN3O2/c25-21-11-5-4-10-20(21)23(18-7-2-1-3-8-18)28-15-13-27(14-16-28)17-19-9-6-12-22(26-19)24(29)30/h1-12,23H,13-17H2,(H,29,30). The van der Waals surface area contributed by atoms with E-state index in [-0.39, 0.29) is 17.6 Å². The number of pyridine rings is 1. The van der Waals surface area contributed by atoms with Crippen molar-refractivity contribution in [3.63, 3.8) is 0 Å². The van der Waals surface area contributed by atoms with E-state index in [0.717, 1.165) is 37.4 Å². The summed E-state index contributed by atoms with van der Waals surface area (Å²) in [6.07, 6.45) is 0. The van der Waals surface area contributed by atoms with E-state index in [1.54, 1.807) is 12.1 Å². The minimum Gasteiger partial charge on any atom is -0.477 e. The summed E-state index contributed by atoms with van der Waals surface area (Å²) < 4.78 is 14.7. The molecule has 0 radical (unpaired) electrons. The van der Waals surface area contributed by atoms with Gasteiger partial charge in [-0.3, -0.25) is 9.80 Å². The topological polar surface area (TPSA) is 56.7 Å². The monoisotopic (exact) mass is 405 g/mol. The molecule has 3 aromatic rings. The Morgan fingerprint density at radius 1 is 0.933 bits per heavy atom. The van der Waals surface area contributed by atoms with Crippen LogP contribution in [0.2, 0.25) is 0 Å². The maximum absolute atomic E-state index is 14.7. The van der Waals surface area contributed by atoms with Crippen LogP contribution in [0.3, 0.4) is 0 Å². The summed E-state index contributed by atoms with van der Waals surface area (Å²) >= 11 is 0. The molecule has 0 amide bonds. The first-order valence-corrected chi connectivity index (χ1v) is 10.1. The Hall–Kier alpha value is -3.09. The van der Waals surface area contributed by atoms with E-state index >= 15 is 0 Å². The van der Waals surface area contributed by atoms with Gasteiger partial charge in [0.2, 0.25) is 0 Å². The number of hydrogen-bond acceptors (Lipinski definition) is 4. The molecular formula is C24H24FN3O2. The van der Waals surface area contributed by atoms with E-state index in [2.05, 4.69) is 14.8 Å². The number of carboxylic acid groups (broad SMARTS) is 1. The van der Waals surface area contributed by atoms with Crippen LogP contribution in [0.1, 0.15) is 33.4 Å². The van der Waals surface area contributed by atoms with Crippen molar-refractivity contribution in [2.45, 2.75) is 12.6 Å². The molecule has 5 nitrogen and oxygen atoms in total. The van der Waals surface area contributed by atoms with Crippen molar-refractivity contribution in [1.82, 2.24) is 14.8 Å². The molecule has 6 heteroatoms. The van der Waals surface area contributed by atoms with Crippen LogP contribution in [-0.2, 0) is 6.54 Å². The normalized spacial score (nSPS) is 16.3. The van der Waals surface area contributed by atoms with E-state index in [4.69, 9.17) is 5.11 Å². The van der Waals surface area contributed by atoms with Crippen LogP contribution < -0.4 is 0 Å². The fraction of sp³-hybridized carbons (Fsp3) is 0.250. The summed E-state index contributed by atoms with van der Waals surface area (Å²) in [7, 11) is 0. The highest BCUT2D eigenvalue weighted by Gasteiger charge is 2.28. The lowest BCUT2D eigenvalue weighted by molar-refractivity contribution is 0.0689. The molecular weight excluding hydrogens is 381 g/mol. The smallest absolute Gasteiger partial charge is 0.354 e. The predicted octanol–water partition coefficient (Wildman–Crippen LogP) is 3.83. The molecule has 2 heterocycles. The Kier molecular flexibility index (Phi) is 6.16. The number of hydrogen-bond donors (Lipinski definition) is 1. The zero-order chi connectivity index (χ0) is 20.9. The van der Waals surface area contributed by atoms with Gasteiger partial charge in [0.25, 0.3) is 0 Å². The lowest BCUT2D eigenvalue weighted by atomic mass is 9.96. The van der Waals surface area contributed by atoms with Crippen LogP contribution in [0.4, 0.5) is 4.39 Å². The number of aromatic carboxylic acids is 1. The van der Waals surface area contributed by atoms with E-state index in [1.165, 1.54) is 12.1 Å². The minimum atomic E-state index is -1.02. The Morgan fingerprint density at radius 3 is 2.33 bits per heavy atom. The van der Waals surface area contributed by atoms with Gasteiger partial charge in [-0.15, -0.1) is 0 Å². The third-order valence-electron chi connectivity index (χ3n) is 5.50. The molecule has 1 aliphatic rings. The van der Waals surface area contributed by atoms with Gasteiger partial charge in [-0.05, 0) is 23.8 Å². The van der Waals surface area contributed by atoms with Gasteiger partial charge in [0.05, 0.1) is 11.7 Å². The van der Waals surface area contributed by atoms with Crippen LogP contribution in [0.25, 0.3) is 0 Å². The fourth-order valence-corrected chi connectivity index (χ4v) is 4.01. The molecule has 1 aromatic heterocycles. The molecule has 0 spiro atoms. The van der Waals surface area contributed by atoms with Crippen LogP contribution >= 0.6 is 0 Å². The predicted molar refractivity (Wildman–Crippen MR) is 113 cm³/mol. The van der Waals surface area contributed by atoms with Gasteiger partial charge < -0.3 is 5.11 Å². The quantitative estimate of drug-likeness (QED) is 0.676. The maximum atomic E-state index is 14.7. The van der Waals surface area contributed by atoms with Gasteiger partial charge in [0.1, 0.15) is 11.5 Å².